The molecule has 1 unspecified atom stereocenters. The summed E-state index contributed by atoms with van der Waals surface area (Å²) >= 11 is 1.41. The van der Waals surface area contributed by atoms with Crippen LogP contribution in [0.1, 0.15) is 51.0 Å². The van der Waals surface area contributed by atoms with Crippen molar-refractivity contribution in [3.63, 3.8) is 0 Å². The number of para-hydroxylation sites is 1. The lowest BCUT2D eigenvalue weighted by Gasteiger charge is -2.19. The Morgan fingerprint density at radius 1 is 0.887 bits per heavy atom. The first-order valence-electron chi connectivity index (χ1n) is 17.5. The lowest BCUT2D eigenvalue weighted by Crippen LogP contribution is -2.27. The lowest BCUT2D eigenvalue weighted by atomic mass is 9.98. The molecular weight excluding hydrogens is 685 g/mol. The van der Waals surface area contributed by atoms with Gasteiger partial charge in [0.1, 0.15) is 29.5 Å². The molecule has 7 aromatic rings. The SMILES string of the molecule is O=C(NCc1cccc(-c2nc(C(=O)NCCC3CN(c4ncnc5[nH]ncc45)c4ccccc43)cs2)c1)OCC1c2ccccc2-c2ccccc21. The Labute approximate surface area is 309 Å². The Bertz CT molecular complexity index is 2430. The van der Waals surface area contributed by atoms with E-state index in [1.165, 1.54) is 39.2 Å². The van der Waals surface area contributed by atoms with Gasteiger partial charge >= 0.3 is 6.09 Å². The predicted octanol–water partition coefficient (Wildman–Crippen LogP) is 7.57. The number of ether oxygens (including phenoxy) is 1. The molecule has 0 saturated carbocycles. The molecule has 0 radical (unpaired) electrons. The molecule has 0 bridgehead atoms. The van der Waals surface area contributed by atoms with Gasteiger partial charge in [-0.3, -0.25) is 9.89 Å². The van der Waals surface area contributed by atoms with Crippen LogP contribution in [-0.2, 0) is 11.3 Å². The van der Waals surface area contributed by atoms with Gasteiger partial charge in [-0.15, -0.1) is 11.3 Å². The van der Waals surface area contributed by atoms with Crippen LogP contribution in [0.3, 0.4) is 0 Å². The highest BCUT2D eigenvalue weighted by Crippen LogP contribution is 2.45. The minimum atomic E-state index is -0.469. The van der Waals surface area contributed by atoms with E-state index in [9.17, 15) is 9.59 Å². The molecule has 2 aliphatic rings. The van der Waals surface area contributed by atoms with E-state index in [1.54, 1.807) is 17.9 Å². The van der Waals surface area contributed by atoms with Crippen LogP contribution in [0.2, 0.25) is 0 Å². The van der Waals surface area contributed by atoms with E-state index < -0.39 is 6.09 Å². The number of aromatic nitrogens is 5. The average molecular weight is 719 g/mol. The highest BCUT2D eigenvalue weighted by atomic mass is 32.1. The number of amides is 2. The van der Waals surface area contributed by atoms with Gasteiger partial charge in [0, 0.05) is 48.1 Å². The van der Waals surface area contributed by atoms with Crippen LogP contribution >= 0.6 is 11.3 Å². The highest BCUT2D eigenvalue weighted by Gasteiger charge is 2.31. The zero-order valence-electron chi connectivity index (χ0n) is 28.5. The summed E-state index contributed by atoms with van der Waals surface area (Å²) in [6, 6.07) is 32.7. The fraction of sp³-hybridized carbons (Fsp3) is 0.171. The van der Waals surface area contributed by atoms with Gasteiger partial charge in [0.05, 0.1) is 11.6 Å². The van der Waals surface area contributed by atoms with Crippen LogP contribution in [0, 0.1) is 0 Å². The molecule has 4 heterocycles. The van der Waals surface area contributed by atoms with Crippen LogP contribution in [0.25, 0.3) is 32.7 Å². The van der Waals surface area contributed by atoms with Crippen molar-refractivity contribution in [2.75, 3.05) is 24.6 Å². The standard InChI is InChI=1S/C41H34N8O3S/c50-39(42-17-16-27-21-49(36-15-6-5-10-28(27)36)38-33-20-46-48-37(33)44-24-45-38)35-23-53-40(47-35)26-9-7-8-25(18-26)19-43-41(51)52-22-34-31-13-3-1-11-29(31)30-12-2-4-14-32(30)34/h1-15,18,20,23-24,27,34H,16-17,19,21-22H2,(H,42,50)(H,43,51)(H,44,45,46,48). The third-order valence-electron chi connectivity index (χ3n) is 10.0. The third kappa shape index (κ3) is 6.27. The van der Waals surface area contributed by atoms with Crippen LogP contribution < -0.4 is 15.5 Å². The Morgan fingerprint density at radius 2 is 1.66 bits per heavy atom. The molecule has 0 saturated heterocycles. The molecule has 262 valence electrons. The minimum Gasteiger partial charge on any atom is -0.449 e. The second-order valence-electron chi connectivity index (χ2n) is 13.2. The molecule has 4 aromatic carbocycles. The Kier molecular flexibility index (Phi) is 8.56. The molecule has 3 aromatic heterocycles. The first kappa shape index (κ1) is 32.5. The Hall–Kier alpha value is -6.40. The Balaban J connectivity index is 0.787. The lowest BCUT2D eigenvalue weighted by molar-refractivity contribution is 0.0948. The summed E-state index contributed by atoms with van der Waals surface area (Å²) in [5, 5.41) is 16.4. The van der Waals surface area contributed by atoms with Crippen molar-refractivity contribution in [2.45, 2.75) is 24.8 Å². The van der Waals surface area contributed by atoms with Gasteiger partial charge in [-0.2, -0.15) is 5.10 Å². The maximum Gasteiger partial charge on any atom is 0.407 e. The average Bonchev–Trinajstić information content (AvgIpc) is 4.01. The maximum atomic E-state index is 13.2. The molecule has 9 rings (SSSR count). The number of thiazole rings is 1. The largest absolute Gasteiger partial charge is 0.449 e. The number of carbonyl (C=O) groups excluding carboxylic acids is 2. The van der Waals surface area contributed by atoms with Gasteiger partial charge in [0.2, 0.25) is 0 Å². The fourth-order valence-corrected chi connectivity index (χ4v) is 8.31. The summed E-state index contributed by atoms with van der Waals surface area (Å²) in [7, 11) is 0. The number of nitrogens with one attached hydrogen (secondary N) is 3. The molecular formula is C41H34N8O3S. The number of anilines is 2. The first-order chi connectivity index (χ1) is 26.1. The summed E-state index contributed by atoms with van der Waals surface area (Å²) in [5.41, 5.74) is 9.91. The highest BCUT2D eigenvalue weighted by molar-refractivity contribution is 7.13. The summed E-state index contributed by atoms with van der Waals surface area (Å²) < 4.78 is 5.71. The molecule has 0 fully saturated rings. The molecule has 1 atom stereocenters. The number of fused-ring (bicyclic) bond motifs is 5. The van der Waals surface area contributed by atoms with Crippen molar-refractivity contribution in [2.24, 2.45) is 0 Å². The van der Waals surface area contributed by atoms with Gasteiger partial charge in [-0.1, -0.05) is 84.9 Å². The number of carbonyl (C=O) groups is 2. The second-order valence-corrected chi connectivity index (χ2v) is 14.0. The predicted molar refractivity (Wildman–Crippen MR) is 204 cm³/mol. The van der Waals surface area contributed by atoms with Crippen LogP contribution in [0.4, 0.5) is 16.3 Å². The van der Waals surface area contributed by atoms with Crippen LogP contribution in [-0.4, -0.2) is 56.8 Å². The van der Waals surface area contributed by atoms with Crippen LogP contribution in [0.15, 0.2) is 115 Å². The molecule has 12 heteroatoms. The fourth-order valence-electron chi connectivity index (χ4n) is 7.51. The number of hydrogen-bond acceptors (Lipinski definition) is 9. The summed E-state index contributed by atoms with van der Waals surface area (Å²) in [6.07, 6.45) is 3.59. The number of nitrogens with zero attached hydrogens (tertiary/aromatic N) is 5. The van der Waals surface area contributed by atoms with E-state index in [-0.39, 0.29) is 24.3 Å². The van der Waals surface area contributed by atoms with E-state index >= 15 is 0 Å². The minimum absolute atomic E-state index is 0.00186. The van der Waals surface area contributed by atoms with Crippen molar-refractivity contribution < 1.29 is 14.3 Å². The van der Waals surface area contributed by atoms with Gasteiger partial charge < -0.3 is 20.3 Å². The molecule has 0 spiro atoms. The van der Waals surface area contributed by atoms with Crippen LogP contribution in [0.5, 0.6) is 0 Å². The van der Waals surface area contributed by atoms with Gasteiger partial charge in [-0.05, 0) is 51.9 Å². The molecule has 11 nitrogen and oxygen atoms in total. The monoisotopic (exact) mass is 718 g/mol. The molecule has 1 aliphatic heterocycles. The van der Waals surface area contributed by atoms with Crippen molar-refractivity contribution in [1.82, 2.24) is 35.8 Å². The molecule has 3 N–H and O–H groups in total. The van der Waals surface area contributed by atoms with Gasteiger partial charge in [0.15, 0.2) is 5.65 Å². The molecule has 53 heavy (non-hydrogen) atoms. The van der Waals surface area contributed by atoms with Crippen molar-refractivity contribution in [3.05, 3.63) is 143 Å². The smallest absolute Gasteiger partial charge is 0.407 e. The Morgan fingerprint density at radius 3 is 2.49 bits per heavy atom. The van der Waals surface area contributed by atoms with E-state index in [2.05, 4.69) is 77.1 Å². The summed E-state index contributed by atoms with van der Waals surface area (Å²) in [5.74, 6) is 0.815. The van der Waals surface area contributed by atoms with E-state index in [0.29, 0.717) is 24.4 Å². The van der Waals surface area contributed by atoms with Crippen molar-refractivity contribution in [3.8, 4) is 21.7 Å². The second kappa shape index (κ2) is 14.0. The van der Waals surface area contributed by atoms with E-state index in [1.807, 2.05) is 60.7 Å². The third-order valence-corrected chi connectivity index (χ3v) is 10.9. The zero-order valence-corrected chi connectivity index (χ0v) is 29.3. The maximum absolute atomic E-state index is 13.2. The van der Waals surface area contributed by atoms with Gasteiger partial charge in [0.25, 0.3) is 5.91 Å². The van der Waals surface area contributed by atoms with Gasteiger partial charge in [-0.25, -0.2) is 19.7 Å². The van der Waals surface area contributed by atoms with E-state index in [0.717, 1.165) is 46.0 Å². The number of aromatic amines is 1. The van der Waals surface area contributed by atoms with E-state index in [4.69, 9.17) is 4.74 Å². The number of rotatable bonds is 10. The van der Waals surface area contributed by atoms with Crippen molar-refractivity contribution >= 4 is 45.9 Å². The molecule has 2 amide bonds. The number of alkyl carbamates (subject to hydrolysis) is 1. The topological polar surface area (TPSA) is 138 Å². The number of benzene rings is 4. The zero-order chi connectivity index (χ0) is 35.7. The quantitative estimate of drug-likeness (QED) is 0.132. The van der Waals surface area contributed by atoms with Crippen molar-refractivity contribution in [1.29, 1.82) is 0 Å². The normalized spacial score (nSPS) is 14.5. The number of H-pyrrole nitrogens is 1. The summed E-state index contributed by atoms with van der Waals surface area (Å²) in [6.45, 7) is 1.80. The molecule has 1 aliphatic carbocycles. The summed E-state index contributed by atoms with van der Waals surface area (Å²) in [4.78, 5) is 41.7. The number of hydrogen-bond donors (Lipinski definition) is 3. The first-order valence-corrected chi connectivity index (χ1v) is 18.4.